The van der Waals surface area contributed by atoms with Gasteiger partial charge in [0.15, 0.2) is 0 Å². The lowest BCUT2D eigenvalue weighted by atomic mass is 9.69. The number of ether oxygens (including phenoxy) is 1. The molecule has 0 bridgehead atoms. The number of rotatable bonds is 8. The molecule has 0 aliphatic heterocycles. The van der Waals surface area contributed by atoms with E-state index in [4.69, 9.17) is 4.74 Å². The summed E-state index contributed by atoms with van der Waals surface area (Å²) in [6.07, 6.45) is 2.88. The van der Waals surface area contributed by atoms with E-state index in [9.17, 15) is 4.79 Å². The molecular weight excluding hydrogens is 284 g/mol. The van der Waals surface area contributed by atoms with Crippen LogP contribution in [0.5, 0.6) is 0 Å². The standard InChI is InChI=1S/C21H25O2/c1-3-21(18-12-7-5-8-13-18,19-14-9-6-10-15-19)17-11-16-20(22)23-4-2/h5-10,12-15H,1,3-4,11,16-17H2,2H3. The van der Waals surface area contributed by atoms with E-state index in [1.807, 2.05) is 19.1 Å². The Morgan fingerprint density at radius 1 is 1.00 bits per heavy atom. The SMILES string of the molecule is [CH2]CC(CCCC(=O)OCC)(c1ccccc1)c1ccccc1. The van der Waals surface area contributed by atoms with Gasteiger partial charge >= 0.3 is 5.97 Å². The smallest absolute Gasteiger partial charge is 0.305 e. The molecule has 2 aromatic rings. The molecule has 121 valence electrons. The van der Waals surface area contributed by atoms with Crippen molar-refractivity contribution in [1.82, 2.24) is 0 Å². The Morgan fingerprint density at radius 2 is 1.52 bits per heavy atom. The fourth-order valence-corrected chi connectivity index (χ4v) is 3.15. The van der Waals surface area contributed by atoms with Gasteiger partial charge in [-0.1, -0.05) is 67.6 Å². The Kier molecular flexibility index (Phi) is 6.40. The fourth-order valence-electron chi connectivity index (χ4n) is 3.15. The summed E-state index contributed by atoms with van der Waals surface area (Å²) in [5.74, 6) is -0.119. The highest BCUT2D eigenvalue weighted by Gasteiger charge is 2.31. The molecule has 0 saturated carbocycles. The number of hydrogen-bond acceptors (Lipinski definition) is 2. The van der Waals surface area contributed by atoms with E-state index in [1.165, 1.54) is 11.1 Å². The Balaban J connectivity index is 2.26. The van der Waals surface area contributed by atoms with Gasteiger partial charge in [-0.05, 0) is 37.3 Å². The molecule has 0 atom stereocenters. The quantitative estimate of drug-likeness (QED) is 0.646. The number of esters is 1. The van der Waals surface area contributed by atoms with E-state index < -0.39 is 0 Å². The Labute approximate surface area is 139 Å². The van der Waals surface area contributed by atoms with Crippen LogP contribution in [0.15, 0.2) is 60.7 Å². The molecule has 2 nitrogen and oxygen atoms in total. The number of benzene rings is 2. The lowest BCUT2D eigenvalue weighted by Crippen LogP contribution is -2.27. The zero-order valence-corrected chi connectivity index (χ0v) is 13.8. The predicted octanol–water partition coefficient (Wildman–Crippen LogP) is 4.93. The van der Waals surface area contributed by atoms with E-state index in [-0.39, 0.29) is 11.4 Å². The zero-order chi connectivity index (χ0) is 16.5. The van der Waals surface area contributed by atoms with Crippen molar-refractivity contribution in [2.45, 2.75) is 38.0 Å². The molecule has 0 spiro atoms. The fraction of sp³-hybridized carbons (Fsp3) is 0.333. The zero-order valence-electron chi connectivity index (χ0n) is 13.8. The second kappa shape index (κ2) is 8.52. The van der Waals surface area contributed by atoms with Gasteiger partial charge in [0.1, 0.15) is 0 Å². The lowest BCUT2D eigenvalue weighted by Gasteiger charge is -2.34. The summed E-state index contributed by atoms with van der Waals surface area (Å²) < 4.78 is 5.05. The van der Waals surface area contributed by atoms with Crippen molar-refractivity contribution in [2.24, 2.45) is 0 Å². The summed E-state index contributed by atoms with van der Waals surface area (Å²) >= 11 is 0. The third kappa shape index (κ3) is 4.22. The van der Waals surface area contributed by atoms with E-state index in [0.29, 0.717) is 13.0 Å². The van der Waals surface area contributed by atoms with Crippen LogP contribution in [0, 0.1) is 6.92 Å². The summed E-state index contributed by atoms with van der Waals surface area (Å²) in [7, 11) is 0. The average molecular weight is 309 g/mol. The van der Waals surface area contributed by atoms with Crippen LogP contribution in [0.3, 0.4) is 0 Å². The minimum atomic E-state index is -0.158. The maximum atomic E-state index is 11.7. The van der Waals surface area contributed by atoms with E-state index in [0.717, 1.165) is 19.3 Å². The molecule has 2 heteroatoms. The molecule has 0 aromatic heterocycles. The van der Waals surface area contributed by atoms with Crippen molar-refractivity contribution in [2.75, 3.05) is 6.61 Å². The molecule has 0 heterocycles. The number of carbonyl (C=O) groups excluding carboxylic acids is 1. The maximum Gasteiger partial charge on any atom is 0.305 e. The van der Waals surface area contributed by atoms with Crippen LogP contribution in [0.4, 0.5) is 0 Å². The second-order valence-electron chi connectivity index (χ2n) is 5.72. The molecule has 2 aromatic carbocycles. The molecule has 0 aliphatic rings. The Morgan fingerprint density at radius 3 is 1.96 bits per heavy atom. The van der Waals surface area contributed by atoms with Crippen LogP contribution in [0.1, 0.15) is 43.7 Å². The second-order valence-corrected chi connectivity index (χ2v) is 5.72. The molecule has 0 unspecified atom stereocenters. The molecule has 0 amide bonds. The first-order valence-electron chi connectivity index (χ1n) is 8.29. The summed E-state index contributed by atoms with van der Waals surface area (Å²) in [6.45, 7) is 6.51. The third-order valence-electron chi connectivity index (χ3n) is 4.37. The minimum absolute atomic E-state index is 0.119. The van der Waals surface area contributed by atoms with Gasteiger partial charge in [0.25, 0.3) is 0 Å². The first-order valence-corrected chi connectivity index (χ1v) is 8.29. The molecule has 0 aliphatic carbocycles. The predicted molar refractivity (Wildman–Crippen MR) is 94.1 cm³/mol. The monoisotopic (exact) mass is 309 g/mol. The number of hydrogen-bond donors (Lipinski definition) is 0. The van der Waals surface area contributed by atoms with Crippen molar-refractivity contribution in [1.29, 1.82) is 0 Å². The van der Waals surface area contributed by atoms with Crippen molar-refractivity contribution < 1.29 is 9.53 Å². The van der Waals surface area contributed by atoms with Gasteiger partial charge in [-0.15, -0.1) is 0 Å². The van der Waals surface area contributed by atoms with Gasteiger partial charge in [0, 0.05) is 11.8 Å². The van der Waals surface area contributed by atoms with E-state index in [2.05, 4.69) is 55.5 Å². The van der Waals surface area contributed by atoms with Crippen LogP contribution in [0.2, 0.25) is 0 Å². The van der Waals surface area contributed by atoms with Crippen LogP contribution >= 0.6 is 0 Å². The first kappa shape index (κ1) is 17.3. The lowest BCUT2D eigenvalue weighted by molar-refractivity contribution is -0.143. The molecule has 0 saturated heterocycles. The highest BCUT2D eigenvalue weighted by atomic mass is 16.5. The molecule has 0 fully saturated rings. The Bertz CT molecular complexity index is 550. The van der Waals surface area contributed by atoms with Gasteiger partial charge in [-0.3, -0.25) is 4.79 Å². The highest BCUT2D eigenvalue weighted by Crippen LogP contribution is 2.40. The van der Waals surface area contributed by atoms with E-state index >= 15 is 0 Å². The summed E-state index contributed by atoms with van der Waals surface area (Å²) in [5, 5.41) is 0. The van der Waals surface area contributed by atoms with Crippen LogP contribution in [-0.2, 0) is 14.9 Å². The average Bonchev–Trinajstić information content (AvgIpc) is 2.61. The summed E-state index contributed by atoms with van der Waals surface area (Å²) in [5.41, 5.74) is 2.35. The molecule has 1 radical (unpaired) electrons. The van der Waals surface area contributed by atoms with Crippen molar-refractivity contribution in [3.8, 4) is 0 Å². The van der Waals surface area contributed by atoms with Gasteiger partial charge in [-0.2, -0.15) is 0 Å². The molecule has 23 heavy (non-hydrogen) atoms. The first-order chi connectivity index (χ1) is 11.2. The molecule has 2 rings (SSSR count). The van der Waals surface area contributed by atoms with E-state index in [1.54, 1.807) is 0 Å². The normalized spacial score (nSPS) is 11.2. The number of carbonyl (C=O) groups is 1. The minimum Gasteiger partial charge on any atom is -0.466 e. The van der Waals surface area contributed by atoms with Crippen LogP contribution in [0.25, 0.3) is 0 Å². The van der Waals surface area contributed by atoms with Gasteiger partial charge in [-0.25, -0.2) is 0 Å². The van der Waals surface area contributed by atoms with Gasteiger partial charge in [0.05, 0.1) is 6.61 Å². The van der Waals surface area contributed by atoms with Gasteiger partial charge in [0.2, 0.25) is 0 Å². The summed E-state index contributed by atoms with van der Waals surface area (Å²) in [4.78, 5) is 11.7. The third-order valence-corrected chi connectivity index (χ3v) is 4.37. The van der Waals surface area contributed by atoms with Crippen molar-refractivity contribution in [3.63, 3.8) is 0 Å². The van der Waals surface area contributed by atoms with Crippen molar-refractivity contribution >= 4 is 5.97 Å². The maximum absolute atomic E-state index is 11.7. The summed E-state index contributed by atoms with van der Waals surface area (Å²) in [6, 6.07) is 20.9. The molecule has 0 N–H and O–H groups in total. The topological polar surface area (TPSA) is 26.3 Å². The molecular formula is C21H25O2. The van der Waals surface area contributed by atoms with Gasteiger partial charge < -0.3 is 4.74 Å². The largest absolute Gasteiger partial charge is 0.466 e. The van der Waals surface area contributed by atoms with Crippen LogP contribution in [-0.4, -0.2) is 12.6 Å². The van der Waals surface area contributed by atoms with Crippen LogP contribution < -0.4 is 0 Å². The van der Waals surface area contributed by atoms with Crippen molar-refractivity contribution in [3.05, 3.63) is 78.7 Å². The highest BCUT2D eigenvalue weighted by molar-refractivity contribution is 5.69. The Hall–Kier alpha value is -2.09.